The van der Waals surface area contributed by atoms with Gasteiger partial charge in [-0.2, -0.15) is 0 Å². The number of carbonyl (C=O) groups is 1. The summed E-state index contributed by atoms with van der Waals surface area (Å²) in [6.07, 6.45) is 3.15. The van der Waals surface area contributed by atoms with Gasteiger partial charge in [0.25, 0.3) is 5.91 Å². The number of nitrogens with one attached hydrogen (secondary N) is 1. The Labute approximate surface area is 117 Å². The van der Waals surface area contributed by atoms with Crippen LogP contribution in [0.2, 0.25) is 0 Å². The molecule has 0 saturated heterocycles. The van der Waals surface area contributed by atoms with Gasteiger partial charge in [-0.1, -0.05) is 0 Å². The number of benzene rings is 1. The van der Waals surface area contributed by atoms with E-state index in [2.05, 4.69) is 15.3 Å². The lowest BCUT2D eigenvalue weighted by molar-refractivity contribution is 0.102. The minimum atomic E-state index is -0.214. The molecule has 0 aliphatic heterocycles. The Morgan fingerprint density at radius 2 is 1.75 bits per heavy atom. The Bertz CT molecular complexity index is 579. The fraction of sp³-hybridized carbons (Fsp3) is 0.214. The van der Waals surface area contributed by atoms with Crippen LogP contribution in [0.1, 0.15) is 10.4 Å². The first-order valence-electron chi connectivity index (χ1n) is 6.05. The number of anilines is 2. The molecule has 6 nitrogen and oxygen atoms in total. The van der Waals surface area contributed by atoms with E-state index in [1.54, 1.807) is 48.7 Å². The van der Waals surface area contributed by atoms with Crippen LogP contribution in [0, 0.1) is 0 Å². The van der Waals surface area contributed by atoms with E-state index in [1.807, 2.05) is 14.1 Å². The minimum absolute atomic E-state index is 0.214. The minimum Gasteiger partial charge on any atom is -0.497 e. The molecule has 0 atom stereocenters. The van der Waals surface area contributed by atoms with Crippen molar-refractivity contribution < 1.29 is 9.53 Å². The number of hydrogen-bond acceptors (Lipinski definition) is 5. The first kappa shape index (κ1) is 13.8. The van der Waals surface area contributed by atoms with Crippen LogP contribution in [0.5, 0.6) is 5.75 Å². The predicted octanol–water partition coefficient (Wildman–Crippen LogP) is 1.80. The average molecular weight is 272 g/mol. The van der Waals surface area contributed by atoms with E-state index in [4.69, 9.17) is 4.74 Å². The molecule has 1 aromatic heterocycles. The van der Waals surface area contributed by atoms with E-state index in [1.165, 1.54) is 0 Å². The van der Waals surface area contributed by atoms with Crippen LogP contribution < -0.4 is 15.0 Å². The van der Waals surface area contributed by atoms with Gasteiger partial charge in [-0.3, -0.25) is 4.79 Å². The first-order valence-corrected chi connectivity index (χ1v) is 6.05. The normalized spacial score (nSPS) is 9.95. The molecule has 104 valence electrons. The van der Waals surface area contributed by atoms with E-state index in [0.717, 1.165) is 0 Å². The number of carbonyl (C=O) groups excluding carboxylic acids is 1. The summed E-state index contributed by atoms with van der Waals surface area (Å²) < 4.78 is 5.05. The highest BCUT2D eigenvalue weighted by Gasteiger charge is 2.07. The zero-order chi connectivity index (χ0) is 14.5. The van der Waals surface area contributed by atoms with Gasteiger partial charge in [-0.25, -0.2) is 9.97 Å². The molecule has 2 aromatic rings. The van der Waals surface area contributed by atoms with E-state index in [0.29, 0.717) is 22.9 Å². The molecule has 1 amide bonds. The van der Waals surface area contributed by atoms with E-state index in [-0.39, 0.29) is 5.91 Å². The number of methoxy groups -OCH3 is 1. The Hall–Kier alpha value is -2.63. The number of hydrogen-bond donors (Lipinski definition) is 1. The van der Waals surface area contributed by atoms with Crippen LogP contribution >= 0.6 is 0 Å². The van der Waals surface area contributed by atoms with Crippen molar-refractivity contribution in [2.45, 2.75) is 0 Å². The van der Waals surface area contributed by atoms with Gasteiger partial charge in [0.2, 0.25) is 5.95 Å². The average Bonchev–Trinajstić information content (AvgIpc) is 2.48. The Morgan fingerprint density at radius 3 is 2.25 bits per heavy atom. The molecule has 0 spiro atoms. The maximum absolute atomic E-state index is 12.0. The highest BCUT2D eigenvalue weighted by Crippen LogP contribution is 2.13. The summed E-state index contributed by atoms with van der Waals surface area (Å²) in [5.41, 5.74) is 1.10. The van der Waals surface area contributed by atoms with Crippen molar-refractivity contribution in [2.75, 3.05) is 31.4 Å². The Balaban J connectivity index is 2.06. The van der Waals surface area contributed by atoms with Crippen molar-refractivity contribution in [3.05, 3.63) is 42.2 Å². The van der Waals surface area contributed by atoms with Crippen molar-refractivity contribution in [3.63, 3.8) is 0 Å². The zero-order valence-corrected chi connectivity index (χ0v) is 11.6. The van der Waals surface area contributed by atoms with Crippen LogP contribution in [-0.4, -0.2) is 37.1 Å². The zero-order valence-electron chi connectivity index (χ0n) is 11.6. The van der Waals surface area contributed by atoms with Crippen LogP contribution in [0.3, 0.4) is 0 Å². The lowest BCUT2D eigenvalue weighted by Crippen LogP contribution is -2.15. The molecule has 0 unspecified atom stereocenters. The molecule has 20 heavy (non-hydrogen) atoms. The summed E-state index contributed by atoms with van der Waals surface area (Å²) in [7, 11) is 5.29. The van der Waals surface area contributed by atoms with Gasteiger partial charge in [0.05, 0.1) is 25.2 Å². The van der Waals surface area contributed by atoms with Crippen molar-refractivity contribution in [1.29, 1.82) is 0 Å². The molecular weight excluding hydrogens is 256 g/mol. The summed E-state index contributed by atoms with van der Waals surface area (Å²) in [4.78, 5) is 22.1. The third-order valence-corrected chi connectivity index (χ3v) is 2.65. The van der Waals surface area contributed by atoms with Crippen molar-refractivity contribution in [2.24, 2.45) is 0 Å². The molecular formula is C14H16N4O2. The second-order valence-corrected chi connectivity index (χ2v) is 4.35. The lowest BCUT2D eigenvalue weighted by atomic mass is 10.2. The van der Waals surface area contributed by atoms with Crippen molar-refractivity contribution >= 4 is 17.5 Å². The van der Waals surface area contributed by atoms with E-state index < -0.39 is 0 Å². The molecule has 0 fully saturated rings. The predicted molar refractivity (Wildman–Crippen MR) is 77.3 cm³/mol. The second-order valence-electron chi connectivity index (χ2n) is 4.35. The molecule has 1 N–H and O–H groups in total. The summed E-state index contributed by atoms with van der Waals surface area (Å²) >= 11 is 0. The SMILES string of the molecule is COc1ccc(C(=O)Nc2cnc(N(C)C)nc2)cc1. The van der Waals surface area contributed by atoms with Gasteiger partial charge in [0.1, 0.15) is 5.75 Å². The number of nitrogens with zero attached hydrogens (tertiary/aromatic N) is 3. The van der Waals surface area contributed by atoms with Gasteiger partial charge in [0, 0.05) is 19.7 Å². The standard InChI is InChI=1S/C14H16N4O2/c1-18(2)14-15-8-11(9-16-14)17-13(19)10-4-6-12(20-3)7-5-10/h4-9H,1-3H3,(H,17,19). The summed E-state index contributed by atoms with van der Waals surface area (Å²) in [6, 6.07) is 6.87. The molecule has 0 aliphatic carbocycles. The number of rotatable bonds is 4. The van der Waals surface area contributed by atoms with Gasteiger partial charge in [0.15, 0.2) is 0 Å². The fourth-order valence-electron chi connectivity index (χ4n) is 1.56. The molecule has 0 radical (unpaired) electrons. The maximum atomic E-state index is 12.0. The molecule has 0 aliphatic rings. The molecule has 6 heteroatoms. The summed E-state index contributed by atoms with van der Waals surface area (Å²) in [5, 5.41) is 2.74. The van der Waals surface area contributed by atoms with Crippen molar-refractivity contribution in [1.82, 2.24) is 9.97 Å². The van der Waals surface area contributed by atoms with E-state index in [9.17, 15) is 4.79 Å². The quantitative estimate of drug-likeness (QED) is 0.919. The van der Waals surface area contributed by atoms with Crippen LogP contribution in [0.4, 0.5) is 11.6 Å². The number of ether oxygens (including phenoxy) is 1. The van der Waals surface area contributed by atoms with E-state index >= 15 is 0 Å². The van der Waals surface area contributed by atoms with Gasteiger partial charge < -0.3 is 15.0 Å². The lowest BCUT2D eigenvalue weighted by Gasteiger charge is -2.10. The molecule has 0 saturated carbocycles. The van der Waals surface area contributed by atoms with Crippen molar-refractivity contribution in [3.8, 4) is 5.75 Å². The molecule has 2 rings (SSSR count). The third kappa shape index (κ3) is 3.23. The Morgan fingerprint density at radius 1 is 1.15 bits per heavy atom. The van der Waals surface area contributed by atoms with Crippen LogP contribution in [-0.2, 0) is 0 Å². The monoisotopic (exact) mass is 272 g/mol. The summed E-state index contributed by atoms with van der Waals surface area (Å²) in [5.74, 6) is 1.08. The first-order chi connectivity index (χ1) is 9.60. The largest absolute Gasteiger partial charge is 0.497 e. The topological polar surface area (TPSA) is 67.3 Å². The Kier molecular flexibility index (Phi) is 4.14. The van der Waals surface area contributed by atoms with Gasteiger partial charge in [-0.15, -0.1) is 0 Å². The highest BCUT2D eigenvalue weighted by atomic mass is 16.5. The maximum Gasteiger partial charge on any atom is 0.255 e. The molecule has 1 heterocycles. The van der Waals surface area contributed by atoms with Crippen LogP contribution in [0.25, 0.3) is 0 Å². The third-order valence-electron chi connectivity index (χ3n) is 2.65. The second kappa shape index (κ2) is 6.01. The summed E-state index contributed by atoms with van der Waals surface area (Å²) in [6.45, 7) is 0. The van der Waals surface area contributed by atoms with Crippen LogP contribution in [0.15, 0.2) is 36.7 Å². The smallest absolute Gasteiger partial charge is 0.255 e. The number of aromatic nitrogens is 2. The number of amides is 1. The fourth-order valence-corrected chi connectivity index (χ4v) is 1.56. The molecule has 1 aromatic carbocycles. The van der Waals surface area contributed by atoms with Gasteiger partial charge >= 0.3 is 0 Å². The van der Waals surface area contributed by atoms with Gasteiger partial charge in [-0.05, 0) is 24.3 Å². The highest BCUT2D eigenvalue weighted by molar-refractivity contribution is 6.04. The molecule has 0 bridgehead atoms.